The van der Waals surface area contributed by atoms with Gasteiger partial charge in [-0.1, -0.05) is 72.3 Å². The van der Waals surface area contributed by atoms with Crippen LogP contribution in [0.4, 0.5) is 0 Å². The van der Waals surface area contributed by atoms with Gasteiger partial charge in [-0.3, -0.25) is 4.79 Å². The monoisotopic (exact) mass is 423 g/mol. The molecule has 0 heterocycles. The summed E-state index contributed by atoms with van der Waals surface area (Å²) < 4.78 is 11.0. The molecule has 0 bridgehead atoms. The van der Waals surface area contributed by atoms with Crippen LogP contribution in [-0.2, 0) is 16.1 Å². The number of halogens is 1. The molecule has 0 saturated carbocycles. The van der Waals surface area contributed by atoms with E-state index in [1.54, 1.807) is 30.3 Å². The number of amides is 1. The van der Waals surface area contributed by atoms with Crippen LogP contribution in [0.3, 0.4) is 0 Å². The highest BCUT2D eigenvalue weighted by atomic mass is 35.5. The van der Waals surface area contributed by atoms with Gasteiger partial charge in [0.2, 0.25) is 0 Å². The maximum Gasteiger partial charge on any atom is 0.342 e. The number of carbonyl (C=O) groups excluding carboxylic acids is 2. The van der Waals surface area contributed by atoms with E-state index in [0.29, 0.717) is 10.8 Å². The highest BCUT2D eigenvalue weighted by Crippen LogP contribution is 2.22. The molecule has 154 valence electrons. The second-order valence-corrected chi connectivity index (χ2v) is 7.06. The predicted octanol–water partition coefficient (Wildman–Crippen LogP) is 4.95. The van der Waals surface area contributed by atoms with E-state index in [1.165, 1.54) is 0 Å². The first-order valence-electron chi connectivity index (χ1n) is 9.51. The summed E-state index contributed by atoms with van der Waals surface area (Å²) in [6.45, 7) is 1.70. The Morgan fingerprint density at radius 3 is 2.37 bits per heavy atom. The fourth-order valence-corrected chi connectivity index (χ4v) is 3.04. The molecular formula is C24H22ClNO4. The lowest BCUT2D eigenvalue weighted by atomic mass is 10.1. The molecule has 0 aliphatic heterocycles. The average molecular weight is 424 g/mol. The molecule has 0 spiro atoms. The summed E-state index contributed by atoms with van der Waals surface area (Å²) in [5, 5.41) is 3.39. The smallest absolute Gasteiger partial charge is 0.342 e. The van der Waals surface area contributed by atoms with Crippen molar-refractivity contribution >= 4 is 23.5 Å². The fourth-order valence-electron chi connectivity index (χ4n) is 2.85. The lowest BCUT2D eigenvalue weighted by molar-refractivity contribution is -0.124. The van der Waals surface area contributed by atoms with Crippen LogP contribution < -0.4 is 10.1 Å². The van der Waals surface area contributed by atoms with Crippen LogP contribution in [0.5, 0.6) is 5.75 Å². The Balaban J connectivity index is 1.56. The Labute approximate surface area is 180 Å². The second-order valence-electron chi connectivity index (χ2n) is 6.65. The molecule has 0 radical (unpaired) electrons. The maximum atomic E-state index is 12.5. The average Bonchev–Trinajstić information content (AvgIpc) is 2.77. The van der Waals surface area contributed by atoms with E-state index in [0.717, 1.165) is 11.1 Å². The molecule has 0 unspecified atom stereocenters. The van der Waals surface area contributed by atoms with Crippen molar-refractivity contribution in [3.05, 3.63) is 101 Å². The van der Waals surface area contributed by atoms with Crippen molar-refractivity contribution in [3.8, 4) is 5.75 Å². The summed E-state index contributed by atoms with van der Waals surface area (Å²) in [5.41, 5.74) is 2.01. The van der Waals surface area contributed by atoms with Crippen LogP contribution in [0.15, 0.2) is 78.9 Å². The predicted molar refractivity (Wildman–Crippen MR) is 116 cm³/mol. The molecule has 30 heavy (non-hydrogen) atoms. The van der Waals surface area contributed by atoms with Gasteiger partial charge in [0.15, 0.2) is 6.61 Å². The zero-order valence-electron chi connectivity index (χ0n) is 16.5. The minimum Gasteiger partial charge on any atom is -0.488 e. The number of para-hydroxylation sites is 1. The fraction of sp³-hybridized carbons (Fsp3) is 0.167. The molecule has 0 saturated heterocycles. The summed E-state index contributed by atoms with van der Waals surface area (Å²) in [6.07, 6.45) is 0. The first kappa shape index (κ1) is 21.4. The molecule has 0 aromatic heterocycles. The van der Waals surface area contributed by atoms with E-state index in [9.17, 15) is 9.59 Å². The summed E-state index contributed by atoms with van der Waals surface area (Å²) >= 11 is 6.15. The number of nitrogens with one attached hydrogen (secondary N) is 1. The number of benzene rings is 3. The maximum absolute atomic E-state index is 12.5. The highest BCUT2D eigenvalue weighted by molar-refractivity contribution is 6.31. The minimum atomic E-state index is -0.632. The molecule has 5 nitrogen and oxygen atoms in total. The second kappa shape index (κ2) is 10.5. The molecular weight excluding hydrogens is 402 g/mol. The Kier molecular flexibility index (Phi) is 7.46. The van der Waals surface area contributed by atoms with Gasteiger partial charge in [-0.15, -0.1) is 0 Å². The van der Waals surface area contributed by atoms with Gasteiger partial charge in [-0.25, -0.2) is 4.79 Å². The summed E-state index contributed by atoms with van der Waals surface area (Å²) in [7, 11) is 0. The zero-order valence-corrected chi connectivity index (χ0v) is 17.3. The van der Waals surface area contributed by atoms with Gasteiger partial charge < -0.3 is 14.8 Å². The molecule has 1 amide bonds. The van der Waals surface area contributed by atoms with E-state index in [2.05, 4.69) is 5.32 Å². The lowest BCUT2D eigenvalue weighted by Crippen LogP contribution is -2.31. The van der Waals surface area contributed by atoms with Crippen molar-refractivity contribution in [2.75, 3.05) is 6.61 Å². The van der Waals surface area contributed by atoms with E-state index in [-0.39, 0.29) is 30.7 Å². The third kappa shape index (κ3) is 5.84. The van der Waals surface area contributed by atoms with Crippen LogP contribution in [0.2, 0.25) is 5.02 Å². The van der Waals surface area contributed by atoms with Crippen molar-refractivity contribution in [3.63, 3.8) is 0 Å². The molecule has 3 rings (SSSR count). The Hall–Kier alpha value is -3.31. The molecule has 6 heteroatoms. The summed E-state index contributed by atoms with van der Waals surface area (Å²) in [4.78, 5) is 24.7. The largest absolute Gasteiger partial charge is 0.488 e. The molecule has 1 N–H and O–H groups in total. The van der Waals surface area contributed by atoms with E-state index >= 15 is 0 Å². The number of carbonyl (C=O) groups is 2. The third-order valence-corrected chi connectivity index (χ3v) is 4.83. The van der Waals surface area contributed by atoms with Crippen molar-refractivity contribution in [2.24, 2.45) is 0 Å². The molecule has 3 aromatic carbocycles. The van der Waals surface area contributed by atoms with Gasteiger partial charge in [-0.2, -0.15) is 0 Å². The topological polar surface area (TPSA) is 64.6 Å². The number of ether oxygens (including phenoxy) is 2. The standard InChI is InChI=1S/C24H22ClNO4/c1-17(18-9-3-2-4-10-18)26-23(27)16-30-24(28)20-12-6-8-14-22(20)29-15-19-11-5-7-13-21(19)25/h2-14,17H,15-16H2,1H3,(H,26,27)/t17-/m0/s1. The summed E-state index contributed by atoms with van der Waals surface area (Å²) in [6, 6.07) is 23.4. The van der Waals surface area contributed by atoms with Crippen LogP contribution in [0.25, 0.3) is 0 Å². The van der Waals surface area contributed by atoms with Crippen molar-refractivity contribution < 1.29 is 19.1 Å². The molecule has 0 fully saturated rings. The summed E-state index contributed by atoms with van der Waals surface area (Å²) in [5.74, 6) is -0.651. The highest BCUT2D eigenvalue weighted by Gasteiger charge is 2.17. The van der Waals surface area contributed by atoms with Gasteiger partial charge >= 0.3 is 5.97 Å². The SMILES string of the molecule is C[C@H](NC(=O)COC(=O)c1ccccc1OCc1ccccc1Cl)c1ccccc1. The number of hydrogen-bond donors (Lipinski definition) is 1. The first-order chi connectivity index (χ1) is 14.5. The molecule has 0 aliphatic rings. The Bertz CT molecular complexity index is 1010. The number of hydrogen-bond acceptors (Lipinski definition) is 4. The van der Waals surface area contributed by atoms with Crippen LogP contribution in [0.1, 0.15) is 34.5 Å². The van der Waals surface area contributed by atoms with Crippen molar-refractivity contribution in [1.29, 1.82) is 0 Å². The van der Waals surface area contributed by atoms with Crippen LogP contribution in [0, 0.1) is 0 Å². The van der Waals surface area contributed by atoms with E-state index in [1.807, 2.05) is 55.5 Å². The molecule has 0 aliphatic carbocycles. The molecule has 3 aromatic rings. The first-order valence-corrected chi connectivity index (χ1v) is 9.89. The Morgan fingerprint density at radius 2 is 1.60 bits per heavy atom. The number of esters is 1. The minimum absolute atomic E-state index is 0.191. The van der Waals surface area contributed by atoms with Gasteiger partial charge in [0, 0.05) is 10.6 Å². The van der Waals surface area contributed by atoms with Gasteiger partial charge in [0.25, 0.3) is 5.91 Å². The number of rotatable bonds is 8. The Morgan fingerprint density at radius 1 is 0.933 bits per heavy atom. The van der Waals surface area contributed by atoms with Crippen molar-refractivity contribution in [2.45, 2.75) is 19.6 Å². The molecule has 1 atom stereocenters. The van der Waals surface area contributed by atoms with Gasteiger partial charge in [-0.05, 0) is 30.7 Å². The van der Waals surface area contributed by atoms with E-state index in [4.69, 9.17) is 21.1 Å². The van der Waals surface area contributed by atoms with Crippen molar-refractivity contribution in [1.82, 2.24) is 5.32 Å². The van der Waals surface area contributed by atoms with Crippen LogP contribution in [-0.4, -0.2) is 18.5 Å². The zero-order chi connectivity index (χ0) is 21.3. The van der Waals surface area contributed by atoms with Gasteiger partial charge in [0.1, 0.15) is 17.9 Å². The van der Waals surface area contributed by atoms with Gasteiger partial charge in [0.05, 0.1) is 6.04 Å². The third-order valence-electron chi connectivity index (χ3n) is 4.46. The van der Waals surface area contributed by atoms with E-state index < -0.39 is 5.97 Å². The lowest BCUT2D eigenvalue weighted by Gasteiger charge is -2.15. The quantitative estimate of drug-likeness (QED) is 0.520. The van der Waals surface area contributed by atoms with Crippen LogP contribution >= 0.6 is 11.6 Å². The normalized spacial score (nSPS) is 11.4.